The molecule has 6 nitrogen and oxygen atoms in total. The number of hydrogen-bond acceptors (Lipinski definition) is 5. The van der Waals surface area contributed by atoms with Crippen LogP contribution in [0.5, 0.6) is 0 Å². The van der Waals surface area contributed by atoms with Crippen LogP contribution in [0.15, 0.2) is 46.5 Å². The number of thioether (sulfide) groups is 1. The fourth-order valence-electron chi connectivity index (χ4n) is 3.00. The Hall–Kier alpha value is -2.12. The van der Waals surface area contributed by atoms with Gasteiger partial charge in [0.2, 0.25) is 0 Å². The number of aromatic amines is 1. The molecule has 1 fully saturated rings. The number of nitrogens with zero attached hydrogens (tertiary/aromatic N) is 3. The van der Waals surface area contributed by atoms with Crippen molar-refractivity contribution in [3.05, 3.63) is 52.6 Å². The van der Waals surface area contributed by atoms with E-state index in [9.17, 15) is 4.79 Å². The van der Waals surface area contributed by atoms with Gasteiger partial charge in [-0.05, 0) is 30.5 Å². The summed E-state index contributed by atoms with van der Waals surface area (Å²) >= 11 is 1.56. The highest BCUT2D eigenvalue weighted by Crippen LogP contribution is 2.25. The van der Waals surface area contributed by atoms with Crippen molar-refractivity contribution in [2.75, 3.05) is 6.61 Å². The lowest BCUT2D eigenvalue weighted by Gasteiger charge is -2.11. The van der Waals surface area contributed by atoms with Crippen molar-refractivity contribution >= 4 is 22.7 Å². The van der Waals surface area contributed by atoms with Gasteiger partial charge in [0, 0.05) is 23.9 Å². The van der Waals surface area contributed by atoms with Crippen LogP contribution in [0.3, 0.4) is 0 Å². The molecule has 0 saturated carbocycles. The molecule has 0 aliphatic carbocycles. The van der Waals surface area contributed by atoms with Gasteiger partial charge in [0.05, 0.1) is 18.2 Å². The van der Waals surface area contributed by atoms with E-state index in [1.165, 1.54) is 5.56 Å². The number of pyridine rings is 1. The second-order valence-corrected chi connectivity index (χ2v) is 6.78. The number of rotatable bonds is 5. The highest BCUT2D eigenvalue weighted by molar-refractivity contribution is 7.98. The van der Waals surface area contributed by atoms with Gasteiger partial charge in [-0.1, -0.05) is 30.0 Å². The van der Waals surface area contributed by atoms with E-state index < -0.39 is 0 Å². The Balaban J connectivity index is 1.54. The Morgan fingerprint density at radius 2 is 2.29 bits per heavy atom. The molecule has 0 bridgehead atoms. The SMILES string of the molecule is O=c1[nH]nc(SCc2cccc3ncccc23)n1CC1CCCO1. The Morgan fingerprint density at radius 1 is 1.33 bits per heavy atom. The summed E-state index contributed by atoms with van der Waals surface area (Å²) in [6, 6.07) is 10.1. The molecule has 1 aliphatic heterocycles. The summed E-state index contributed by atoms with van der Waals surface area (Å²) in [7, 11) is 0. The number of H-pyrrole nitrogens is 1. The minimum Gasteiger partial charge on any atom is -0.376 e. The van der Waals surface area contributed by atoms with E-state index in [-0.39, 0.29) is 11.8 Å². The zero-order chi connectivity index (χ0) is 16.4. The van der Waals surface area contributed by atoms with Crippen molar-refractivity contribution in [2.45, 2.75) is 36.4 Å². The van der Waals surface area contributed by atoms with Crippen LogP contribution in [0.2, 0.25) is 0 Å². The Bertz CT molecular complexity index is 893. The number of benzene rings is 1. The number of nitrogens with one attached hydrogen (secondary N) is 1. The third-order valence-electron chi connectivity index (χ3n) is 4.23. The summed E-state index contributed by atoms with van der Waals surface area (Å²) in [5.74, 6) is 0.735. The van der Waals surface area contributed by atoms with Gasteiger partial charge in [-0.25, -0.2) is 9.89 Å². The zero-order valence-electron chi connectivity index (χ0n) is 13.1. The van der Waals surface area contributed by atoms with E-state index in [4.69, 9.17) is 4.74 Å². The number of aromatic nitrogens is 4. The van der Waals surface area contributed by atoms with Crippen molar-refractivity contribution in [2.24, 2.45) is 0 Å². The maximum Gasteiger partial charge on any atom is 0.344 e. The highest BCUT2D eigenvalue weighted by Gasteiger charge is 2.19. The predicted molar refractivity (Wildman–Crippen MR) is 93.1 cm³/mol. The molecule has 0 radical (unpaired) electrons. The minimum atomic E-state index is -0.174. The standard InChI is InChI=1S/C17H18N4O2S/c22-16-19-20-17(21(16)10-13-5-3-9-23-13)24-11-12-4-1-7-15-14(12)6-2-8-18-15/h1-2,4,6-8,13H,3,5,9-11H2,(H,19,22). The predicted octanol–water partition coefficient (Wildman–Crippen LogP) is 2.59. The van der Waals surface area contributed by atoms with E-state index in [0.29, 0.717) is 11.7 Å². The van der Waals surface area contributed by atoms with Gasteiger partial charge in [0.25, 0.3) is 0 Å². The molecule has 1 saturated heterocycles. The van der Waals surface area contributed by atoms with Crippen LogP contribution in [0.4, 0.5) is 0 Å². The summed E-state index contributed by atoms with van der Waals surface area (Å²) in [5.41, 5.74) is 1.99. The van der Waals surface area contributed by atoms with E-state index >= 15 is 0 Å². The van der Waals surface area contributed by atoms with Crippen molar-refractivity contribution in [1.82, 2.24) is 19.7 Å². The molecule has 1 aromatic carbocycles. The zero-order valence-corrected chi connectivity index (χ0v) is 14.0. The second kappa shape index (κ2) is 6.78. The van der Waals surface area contributed by atoms with Crippen LogP contribution >= 0.6 is 11.8 Å². The maximum atomic E-state index is 12.0. The Kier molecular flexibility index (Phi) is 4.36. The molecule has 124 valence electrons. The maximum absolute atomic E-state index is 12.0. The van der Waals surface area contributed by atoms with Gasteiger partial charge in [-0.15, -0.1) is 5.10 Å². The quantitative estimate of drug-likeness (QED) is 0.722. The van der Waals surface area contributed by atoms with Crippen molar-refractivity contribution in [3.63, 3.8) is 0 Å². The van der Waals surface area contributed by atoms with Gasteiger partial charge < -0.3 is 4.74 Å². The monoisotopic (exact) mass is 342 g/mol. The normalized spacial score (nSPS) is 17.6. The first-order valence-electron chi connectivity index (χ1n) is 8.03. The highest BCUT2D eigenvalue weighted by atomic mass is 32.2. The average molecular weight is 342 g/mol. The molecule has 7 heteroatoms. The summed E-state index contributed by atoms with van der Waals surface area (Å²) in [5, 5.41) is 8.56. The number of hydrogen-bond donors (Lipinski definition) is 1. The van der Waals surface area contributed by atoms with Gasteiger partial charge >= 0.3 is 5.69 Å². The Morgan fingerprint density at radius 3 is 3.17 bits per heavy atom. The van der Waals surface area contributed by atoms with Gasteiger partial charge in [0.15, 0.2) is 5.16 Å². The van der Waals surface area contributed by atoms with E-state index in [1.54, 1.807) is 22.5 Å². The lowest BCUT2D eigenvalue weighted by molar-refractivity contribution is 0.0941. The molecule has 4 rings (SSSR count). The van der Waals surface area contributed by atoms with Crippen molar-refractivity contribution in [3.8, 4) is 0 Å². The van der Waals surface area contributed by atoms with Gasteiger partial charge in [0.1, 0.15) is 0 Å². The second-order valence-electron chi connectivity index (χ2n) is 5.83. The summed E-state index contributed by atoms with van der Waals surface area (Å²) < 4.78 is 7.32. The van der Waals surface area contributed by atoms with E-state index in [0.717, 1.165) is 36.1 Å². The number of fused-ring (bicyclic) bond motifs is 1. The smallest absolute Gasteiger partial charge is 0.344 e. The van der Waals surface area contributed by atoms with Crippen LogP contribution in [0.25, 0.3) is 10.9 Å². The number of ether oxygens (including phenoxy) is 1. The fourth-order valence-corrected chi connectivity index (χ4v) is 3.96. The summed E-state index contributed by atoms with van der Waals surface area (Å²) in [4.78, 5) is 16.4. The summed E-state index contributed by atoms with van der Waals surface area (Å²) in [6.45, 7) is 1.34. The van der Waals surface area contributed by atoms with Crippen LogP contribution in [-0.2, 0) is 17.0 Å². The molecule has 1 aliphatic rings. The largest absolute Gasteiger partial charge is 0.376 e. The van der Waals surface area contributed by atoms with E-state index in [2.05, 4.69) is 27.3 Å². The lowest BCUT2D eigenvalue weighted by atomic mass is 10.1. The van der Waals surface area contributed by atoms with Crippen molar-refractivity contribution < 1.29 is 4.74 Å². The third kappa shape index (κ3) is 3.09. The van der Waals surface area contributed by atoms with Gasteiger partial charge in [-0.3, -0.25) is 9.55 Å². The topological polar surface area (TPSA) is 72.8 Å². The molecule has 1 unspecified atom stereocenters. The first kappa shape index (κ1) is 15.4. The minimum absolute atomic E-state index is 0.112. The van der Waals surface area contributed by atoms with Crippen LogP contribution in [0.1, 0.15) is 18.4 Å². The first-order chi connectivity index (χ1) is 11.8. The fraction of sp³-hybridized carbons (Fsp3) is 0.353. The molecule has 2 aromatic heterocycles. The van der Waals surface area contributed by atoms with Crippen LogP contribution in [0, 0.1) is 0 Å². The molecule has 1 atom stereocenters. The Labute approximate surface area is 143 Å². The van der Waals surface area contributed by atoms with Gasteiger partial charge in [-0.2, -0.15) is 0 Å². The molecule has 1 N–H and O–H groups in total. The molecular formula is C17H18N4O2S. The van der Waals surface area contributed by atoms with Crippen LogP contribution < -0.4 is 5.69 Å². The van der Waals surface area contributed by atoms with Crippen molar-refractivity contribution in [1.29, 1.82) is 0 Å². The van der Waals surface area contributed by atoms with Crippen LogP contribution in [-0.4, -0.2) is 32.5 Å². The molecule has 24 heavy (non-hydrogen) atoms. The molecular weight excluding hydrogens is 324 g/mol. The summed E-state index contributed by atoms with van der Waals surface area (Å²) in [6.07, 6.45) is 3.97. The lowest BCUT2D eigenvalue weighted by Crippen LogP contribution is -2.24. The molecule has 3 aromatic rings. The molecule has 3 heterocycles. The first-order valence-corrected chi connectivity index (χ1v) is 9.02. The molecule has 0 amide bonds. The average Bonchev–Trinajstić information content (AvgIpc) is 3.24. The third-order valence-corrected chi connectivity index (χ3v) is 5.25. The molecule has 0 spiro atoms. The van der Waals surface area contributed by atoms with E-state index in [1.807, 2.05) is 18.2 Å².